The van der Waals surface area contributed by atoms with E-state index in [1.165, 1.54) is 12.1 Å². The van der Waals surface area contributed by atoms with Crippen molar-refractivity contribution in [3.8, 4) is 0 Å². The number of nitro groups is 1. The fourth-order valence-electron chi connectivity index (χ4n) is 3.36. The van der Waals surface area contributed by atoms with Crippen molar-refractivity contribution < 1.29 is 19.4 Å². The van der Waals surface area contributed by atoms with Crippen LogP contribution in [0.2, 0.25) is 5.02 Å². The molecule has 1 saturated heterocycles. The normalized spacial score (nSPS) is 14.5. The molecule has 8 nitrogen and oxygen atoms in total. The number of piperazine rings is 1. The van der Waals surface area contributed by atoms with Gasteiger partial charge in [0.25, 0.3) is 17.5 Å². The Hall–Kier alpha value is -2.97. The van der Waals surface area contributed by atoms with Gasteiger partial charge in [0, 0.05) is 17.2 Å². The van der Waals surface area contributed by atoms with Crippen molar-refractivity contribution in [3.05, 3.63) is 68.7 Å². The van der Waals surface area contributed by atoms with Crippen LogP contribution in [0.4, 0.5) is 11.4 Å². The molecular formula is C20H22ClN4O4+. The van der Waals surface area contributed by atoms with Gasteiger partial charge in [-0.3, -0.25) is 19.7 Å². The summed E-state index contributed by atoms with van der Waals surface area (Å²) in [5.41, 5.74) is 1.48. The number of aryl methyl sites for hydroxylation is 1. The van der Waals surface area contributed by atoms with Gasteiger partial charge >= 0.3 is 0 Å². The summed E-state index contributed by atoms with van der Waals surface area (Å²) in [6.07, 6.45) is 0. The number of hydrogen-bond acceptors (Lipinski definition) is 4. The molecule has 0 aliphatic carbocycles. The maximum Gasteiger partial charge on any atom is 0.279 e. The summed E-state index contributed by atoms with van der Waals surface area (Å²) in [6.45, 7) is 4.24. The van der Waals surface area contributed by atoms with E-state index in [-0.39, 0.29) is 17.5 Å². The number of carbonyl (C=O) groups is 2. The van der Waals surface area contributed by atoms with Crippen LogP contribution in [-0.2, 0) is 4.79 Å². The van der Waals surface area contributed by atoms with Crippen molar-refractivity contribution >= 4 is 34.8 Å². The van der Waals surface area contributed by atoms with E-state index in [0.29, 0.717) is 54.6 Å². The van der Waals surface area contributed by atoms with Crippen molar-refractivity contribution in [2.24, 2.45) is 0 Å². The number of nitro benzene ring substituents is 1. The molecule has 2 aromatic carbocycles. The third kappa shape index (κ3) is 5.10. The first-order valence-electron chi connectivity index (χ1n) is 9.27. The molecule has 0 spiro atoms. The Bertz CT molecular complexity index is 942. The fourth-order valence-corrected chi connectivity index (χ4v) is 3.55. The van der Waals surface area contributed by atoms with Gasteiger partial charge in [-0.05, 0) is 31.2 Å². The number of nitrogens with zero attached hydrogens (tertiary/aromatic N) is 2. The largest absolute Gasteiger partial charge is 0.327 e. The SMILES string of the molecule is Cc1cc(C(=O)N2CC[NH+](CC(=O)Nc3ccccc3Cl)CC2)ccc1[N+](=O)[O-]. The average Bonchev–Trinajstić information content (AvgIpc) is 2.69. The molecule has 9 heteroatoms. The van der Waals surface area contributed by atoms with E-state index in [1.807, 2.05) is 0 Å². The fraction of sp³-hybridized carbons (Fsp3) is 0.300. The smallest absolute Gasteiger partial charge is 0.279 e. The Morgan fingerprint density at radius 2 is 1.90 bits per heavy atom. The molecule has 0 radical (unpaired) electrons. The molecule has 0 bridgehead atoms. The summed E-state index contributed by atoms with van der Waals surface area (Å²) in [5, 5.41) is 14.2. The van der Waals surface area contributed by atoms with Crippen molar-refractivity contribution in [2.75, 3.05) is 38.0 Å². The number of quaternary nitrogens is 1. The Morgan fingerprint density at radius 3 is 2.52 bits per heavy atom. The molecule has 1 heterocycles. The van der Waals surface area contributed by atoms with Crippen molar-refractivity contribution in [1.82, 2.24) is 4.90 Å². The lowest BCUT2D eigenvalue weighted by molar-refractivity contribution is -0.895. The summed E-state index contributed by atoms with van der Waals surface area (Å²) < 4.78 is 0. The van der Waals surface area contributed by atoms with Gasteiger partial charge < -0.3 is 15.1 Å². The number of nitrogens with one attached hydrogen (secondary N) is 2. The van der Waals surface area contributed by atoms with Gasteiger partial charge in [-0.25, -0.2) is 0 Å². The van der Waals surface area contributed by atoms with Crippen LogP contribution in [0.1, 0.15) is 15.9 Å². The van der Waals surface area contributed by atoms with Gasteiger partial charge in [0.15, 0.2) is 6.54 Å². The summed E-state index contributed by atoms with van der Waals surface area (Å²) in [7, 11) is 0. The molecule has 1 aliphatic rings. The predicted molar refractivity (Wildman–Crippen MR) is 109 cm³/mol. The van der Waals surface area contributed by atoms with Gasteiger partial charge in [0.1, 0.15) is 0 Å². The molecule has 0 unspecified atom stereocenters. The number of hydrogen-bond donors (Lipinski definition) is 2. The average molecular weight is 418 g/mol. The first kappa shape index (κ1) is 20.8. The van der Waals surface area contributed by atoms with E-state index >= 15 is 0 Å². The molecule has 29 heavy (non-hydrogen) atoms. The molecule has 1 aliphatic heterocycles. The topological polar surface area (TPSA) is 97.0 Å². The quantitative estimate of drug-likeness (QED) is 0.569. The molecule has 0 atom stereocenters. The first-order chi connectivity index (χ1) is 13.8. The van der Waals surface area contributed by atoms with E-state index in [4.69, 9.17) is 11.6 Å². The Balaban J connectivity index is 1.53. The number of carbonyl (C=O) groups excluding carboxylic acids is 2. The number of halogens is 1. The van der Waals surface area contributed by atoms with Crippen LogP contribution >= 0.6 is 11.6 Å². The van der Waals surface area contributed by atoms with E-state index in [1.54, 1.807) is 42.2 Å². The highest BCUT2D eigenvalue weighted by Crippen LogP contribution is 2.20. The lowest BCUT2D eigenvalue weighted by atomic mass is 10.1. The number of rotatable bonds is 5. The molecule has 2 aromatic rings. The minimum absolute atomic E-state index is 0.000320. The Labute approximate surface area is 173 Å². The summed E-state index contributed by atoms with van der Waals surface area (Å²) in [5.74, 6) is -0.276. The number of para-hydroxylation sites is 1. The second-order valence-electron chi connectivity index (χ2n) is 7.01. The summed E-state index contributed by atoms with van der Waals surface area (Å²) in [6, 6.07) is 11.5. The minimum atomic E-state index is -0.459. The van der Waals surface area contributed by atoms with Crippen LogP contribution < -0.4 is 10.2 Å². The van der Waals surface area contributed by atoms with Crippen LogP contribution in [0.5, 0.6) is 0 Å². The third-order valence-corrected chi connectivity index (χ3v) is 5.29. The van der Waals surface area contributed by atoms with Crippen LogP contribution in [0.3, 0.4) is 0 Å². The molecule has 3 rings (SSSR count). The standard InChI is InChI=1S/C20H21ClN4O4/c1-14-12-15(6-7-18(14)25(28)29)20(27)24-10-8-23(9-11-24)13-19(26)22-17-5-3-2-4-16(17)21/h2-7,12H,8-11,13H2,1H3,(H,22,26)/p+1. The second kappa shape index (κ2) is 9.02. The lowest BCUT2D eigenvalue weighted by Gasteiger charge is -2.32. The van der Waals surface area contributed by atoms with E-state index in [9.17, 15) is 19.7 Å². The third-order valence-electron chi connectivity index (χ3n) is 4.96. The Kier molecular flexibility index (Phi) is 6.46. The van der Waals surface area contributed by atoms with Gasteiger partial charge in [0.05, 0.1) is 41.8 Å². The maximum atomic E-state index is 12.7. The molecule has 2 amide bonds. The monoisotopic (exact) mass is 417 g/mol. The lowest BCUT2D eigenvalue weighted by Crippen LogP contribution is -3.15. The summed E-state index contributed by atoms with van der Waals surface area (Å²) in [4.78, 5) is 38.2. The van der Waals surface area contributed by atoms with Crippen molar-refractivity contribution in [3.63, 3.8) is 0 Å². The van der Waals surface area contributed by atoms with E-state index < -0.39 is 4.92 Å². The zero-order valence-electron chi connectivity index (χ0n) is 16.0. The zero-order chi connectivity index (χ0) is 21.0. The van der Waals surface area contributed by atoms with Gasteiger partial charge in [-0.1, -0.05) is 23.7 Å². The van der Waals surface area contributed by atoms with Crippen molar-refractivity contribution in [1.29, 1.82) is 0 Å². The second-order valence-corrected chi connectivity index (χ2v) is 7.41. The van der Waals surface area contributed by atoms with Gasteiger partial charge in [-0.15, -0.1) is 0 Å². The highest BCUT2D eigenvalue weighted by molar-refractivity contribution is 6.33. The van der Waals surface area contributed by atoms with E-state index in [2.05, 4.69) is 5.32 Å². The molecule has 0 aromatic heterocycles. The first-order valence-corrected chi connectivity index (χ1v) is 9.65. The van der Waals surface area contributed by atoms with Gasteiger partial charge in [0.2, 0.25) is 0 Å². The maximum absolute atomic E-state index is 12.7. The van der Waals surface area contributed by atoms with Crippen molar-refractivity contribution in [2.45, 2.75) is 6.92 Å². The molecule has 2 N–H and O–H groups in total. The number of amides is 2. The molecule has 152 valence electrons. The zero-order valence-corrected chi connectivity index (χ0v) is 16.7. The highest BCUT2D eigenvalue weighted by Gasteiger charge is 2.26. The molecule has 0 saturated carbocycles. The van der Waals surface area contributed by atoms with Gasteiger partial charge in [-0.2, -0.15) is 0 Å². The van der Waals surface area contributed by atoms with Crippen LogP contribution in [0, 0.1) is 17.0 Å². The molecular weight excluding hydrogens is 396 g/mol. The number of benzene rings is 2. The van der Waals surface area contributed by atoms with Crippen LogP contribution in [0.15, 0.2) is 42.5 Å². The van der Waals surface area contributed by atoms with E-state index in [0.717, 1.165) is 4.90 Å². The van der Waals surface area contributed by atoms with Crippen LogP contribution in [0.25, 0.3) is 0 Å². The minimum Gasteiger partial charge on any atom is -0.327 e. The van der Waals surface area contributed by atoms with Crippen LogP contribution in [-0.4, -0.2) is 54.4 Å². The Morgan fingerprint density at radius 1 is 1.21 bits per heavy atom. The predicted octanol–water partition coefficient (Wildman–Crippen LogP) is 1.54. The number of anilines is 1. The molecule has 1 fully saturated rings. The summed E-state index contributed by atoms with van der Waals surface area (Å²) >= 11 is 6.06. The highest BCUT2D eigenvalue weighted by atomic mass is 35.5.